The Morgan fingerprint density at radius 3 is 2.64 bits per heavy atom. The molecule has 11 heavy (non-hydrogen) atoms. The molecule has 0 aromatic carbocycles. The van der Waals surface area contributed by atoms with Gasteiger partial charge in [-0.05, 0) is 49.9 Å². The largest absolute Gasteiger partial charge is 0.324 e. The van der Waals surface area contributed by atoms with Crippen molar-refractivity contribution in [3.05, 3.63) is 19.2 Å². The number of hydrogen-bond acceptors (Lipinski definition) is 2. The van der Waals surface area contributed by atoms with E-state index >= 15 is 0 Å². The van der Waals surface area contributed by atoms with Gasteiger partial charge >= 0.3 is 0 Å². The minimum Gasteiger partial charge on any atom is -0.324 e. The SMILES string of the molecule is CCC(N)c1cc(Br)sc1Br. The first-order valence-corrected chi connectivity index (χ1v) is 5.75. The predicted molar refractivity (Wildman–Crippen MR) is 56.9 cm³/mol. The molecule has 2 N–H and O–H groups in total. The van der Waals surface area contributed by atoms with E-state index in [1.54, 1.807) is 11.3 Å². The number of nitrogens with two attached hydrogens (primary N) is 1. The normalized spacial score (nSPS) is 13.5. The molecule has 1 atom stereocenters. The third-order valence-electron chi connectivity index (χ3n) is 1.52. The van der Waals surface area contributed by atoms with Crippen molar-refractivity contribution >= 4 is 43.2 Å². The summed E-state index contributed by atoms with van der Waals surface area (Å²) in [5.41, 5.74) is 7.06. The number of halogens is 2. The van der Waals surface area contributed by atoms with Crippen molar-refractivity contribution in [2.75, 3.05) is 0 Å². The van der Waals surface area contributed by atoms with Gasteiger partial charge in [0.2, 0.25) is 0 Å². The van der Waals surface area contributed by atoms with Crippen LogP contribution in [0.15, 0.2) is 13.6 Å². The molecule has 0 fully saturated rings. The molecular weight excluding hydrogens is 290 g/mol. The van der Waals surface area contributed by atoms with Gasteiger partial charge in [-0.15, -0.1) is 11.3 Å². The maximum absolute atomic E-state index is 5.86. The van der Waals surface area contributed by atoms with Crippen LogP contribution in [0.1, 0.15) is 24.9 Å². The molecule has 62 valence electrons. The number of thiophene rings is 1. The molecule has 0 saturated heterocycles. The molecule has 0 radical (unpaired) electrons. The second-order valence-electron chi connectivity index (χ2n) is 2.29. The lowest BCUT2D eigenvalue weighted by Crippen LogP contribution is -2.07. The smallest absolute Gasteiger partial charge is 0.0758 e. The van der Waals surface area contributed by atoms with Crippen LogP contribution in [0.25, 0.3) is 0 Å². The van der Waals surface area contributed by atoms with Crippen LogP contribution in [0.5, 0.6) is 0 Å². The van der Waals surface area contributed by atoms with Crippen molar-refractivity contribution in [2.45, 2.75) is 19.4 Å². The van der Waals surface area contributed by atoms with E-state index in [1.165, 1.54) is 5.56 Å². The summed E-state index contributed by atoms with van der Waals surface area (Å²) < 4.78 is 2.27. The van der Waals surface area contributed by atoms with Gasteiger partial charge in [0.15, 0.2) is 0 Å². The highest BCUT2D eigenvalue weighted by Gasteiger charge is 2.10. The van der Waals surface area contributed by atoms with Gasteiger partial charge in [-0.25, -0.2) is 0 Å². The van der Waals surface area contributed by atoms with E-state index in [4.69, 9.17) is 5.73 Å². The highest BCUT2D eigenvalue weighted by Crippen LogP contribution is 2.35. The highest BCUT2D eigenvalue weighted by molar-refractivity contribution is 9.12. The van der Waals surface area contributed by atoms with Gasteiger partial charge in [-0.3, -0.25) is 0 Å². The Balaban J connectivity index is 2.93. The van der Waals surface area contributed by atoms with Crippen LogP contribution in [0.2, 0.25) is 0 Å². The molecule has 1 rings (SSSR count). The van der Waals surface area contributed by atoms with Crippen molar-refractivity contribution in [1.29, 1.82) is 0 Å². The highest BCUT2D eigenvalue weighted by atomic mass is 79.9. The fourth-order valence-electron chi connectivity index (χ4n) is 0.826. The summed E-state index contributed by atoms with van der Waals surface area (Å²) >= 11 is 8.55. The van der Waals surface area contributed by atoms with Crippen LogP contribution in [0.3, 0.4) is 0 Å². The van der Waals surface area contributed by atoms with Crippen LogP contribution in [0, 0.1) is 0 Å². The van der Waals surface area contributed by atoms with Crippen LogP contribution < -0.4 is 5.73 Å². The van der Waals surface area contributed by atoms with Gasteiger partial charge in [0.1, 0.15) is 0 Å². The van der Waals surface area contributed by atoms with E-state index in [9.17, 15) is 0 Å². The molecule has 1 heterocycles. The van der Waals surface area contributed by atoms with Crippen LogP contribution >= 0.6 is 43.2 Å². The van der Waals surface area contributed by atoms with Crippen LogP contribution in [0.4, 0.5) is 0 Å². The molecule has 1 unspecified atom stereocenters. The Morgan fingerprint density at radius 1 is 1.64 bits per heavy atom. The molecule has 1 aromatic heterocycles. The quantitative estimate of drug-likeness (QED) is 0.885. The van der Waals surface area contributed by atoms with Gasteiger partial charge in [0.05, 0.1) is 7.57 Å². The summed E-state index contributed by atoms with van der Waals surface area (Å²) in [7, 11) is 0. The van der Waals surface area contributed by atoms with Gasteiger partial charge in [-0.1, -0.05) is 6.92 Å². The fourth-order valence-corrected chi connectivity index (χ4v) is 3.83. The summed E-state index contributed by atoms with van der Waals surface area (Å²) in [6.07, 6.45) is 0.974. The van der Waals surface area contributed by atoms with Gasteiger partial charge in [0, 0.05) is 6.04 Å². The van der Waals surface area contributed by atoms with E-state index in [2.05, 4.69) is 44.8 Å². The number of rotatable bonds is 2. The summed E-state index contributed by atoms with van der Waals surface area (Å²) in [6, 6.07) is 2.23. The molecular formula is C7H9Br2NS. The van der Waals surface area contributed by atoms with E-state index in [0.29, 0.717) is 0 Å². The first-order chi connectivity index (χ1) is 5.15. The summed E-state index contributed by atoms with van der Waals surface area (Å²) in [5, 5.41) is 0. The van der Waals surface area contributed by atoms with Crippen LogP contribution in [-0.4, -0.2) is 0 Å². The minimum absolute atomic E-state index is 0.159. The van der Waals surface area contributed by atoms with Crippen molar-refractivity contribution in [3.63, 3.8) is 0 Å². The molecule has 1 nitrogen and oxygen atoms in total. The molecule has 0 saturated carbocycles. The Morgan fingerprint density at radius 2 is 2.27 bits per heavy atom. The second kappa shape index (κ2) is 4.03. The molecule has 4 heteroatoms. The monoisotopic (exact) mass is 297 g/mol. The van der Waals surface area contributed by atoms with Crippen molar-refractivity contribution in [1.82, 2.24) is 0 Å². The van der Waals surface area contributed by atoms with E-state index in [-0.39, 0.29) is 6.04 Å². The van der Waals surface area contributed by atoms with Crippen molar-refractivity contribution in [2.24, 2.45) is 5.73 Å². The van der Waals surface area contributed by atoms with Gasteiger partial charge in [-0.2, -0.15) is 0 Å². The lowest BCUT2D eigenvalue weighted by atomic mass is 10.1. The first-order valence-electron chi connectivity index (χ1n) is 3.35. The standard InChI is InChI=1S/C7H9Br2NS/c1-2-5(10)4-3-6(8)11-7(4)9/h3,5H,2,10H2,1H3. The Bertz CT molecular complexity index is 247. The van der Waals surface area contributed by atoms with E-state index in [1.807, 2.05) is 0 Å². The molecule has 0 spiro atoms. The topological polar surface area (TPSA) is 26.0 Å². The predicted octanol–water partition coefficient (Wildman–Crippen LogP) is 3.68. The molecule has 0 aliphatic rings. The summed E-state index contributed by atoms with van der Waals surface area (Å²) in [6.45, 7) is 2.09. The Kier molecular flexibility index (Phi) is 3.55. The Hall–Kier alpha value is 0.620. The average Bonchev–Trinajstić information content (AvgIpc) is 2.28. The van der Waals surface area contributed by atoms with Crippen LogP contribution in [-0.2, 0) is 0 Å². The minimum atomic E-state index is 0.159. The maximum atomic E-state index is 5.86. The summed E-state index contributed by atoms with van der Waals surface area (Å²) in [4.78, 5) is 0. The second-order valence-corrected chi connectivity index (χ2v) is 6.04. The zero-order valence-corrected chi connectivity index (χ0v) is 10.1. The number of hydrogen-bond donors (Lipinski definition) is 1. The van der Waals surface area contributed by atoms with E-state index in [0.717, 1.165) is 14.0 Å². The lowest BCUT2D eigenvalue weighted by Gasteiger charge is -2.05. The average molecular weight is 299 g/mol. The molecule has 0 amide bonds. The molecule has 1 aromatic rings. The zero-order chi connectivity index (χ0) is 8.43. The fraction of sp³-hybridized carbons (Fsp3) is 0.429. The third kappa shape index (κ3) is 2.28. The van der Waals surface area contributed by atoms with E-state index < -0.39 is 0 Å². The third-order valence-corrected chi connectivity index (χ3v) is 3.91. The van der Waals surface area contributed by atoms with Gasteiger partial charge < -0.3 is 5.73 Å². The molecule has 0 aliphatic carbocycles. The van der Waals surface area contributed by atoms with Crippen molar-refractivity contribution in [3.8, 4) is 0 Å². The summed E-state index contributed by atoms with van der Waals surface area (Å²) in [5.74, 6) is 0. The molecule has 0 bridgehead atoms. The van der Waals surface area contributed by atoms with Crippen molar-refractivity contribution < 1.29 is 0 Å². The maximum Gasteiger partial charge on any atom is 0.0758 e. The lowest BCUT2D eigenvalue weighted by molar-refractivity contribution is 0.699. The zero-order valence-electron chi connectivity index (χ0n) is 6.10. The Labute approximate surface area is 87.2 Å². The first kappa shape index (κ1) is 9.71. The molecule has 0 aliphatic heterocycles. The van der Waals surface area contributed by atoms with Gasteiger partial charge in [0.25, 0.3) is 0 Å².